The van der Waals surface area contributed by atoms with Crippen LogP contribution in [0.3, 0.4) is 0 Å². The van der Waals surface area contributed by atoms with E-state index in [1.54, 1.807) is 18.2 Å². The van der Waals surface area contributed by atoms with E-state index in [1.807, 2.05) is 11.9 Å². The van der Waals surface area contributed by atoms with Crippen LogP contribution < -0.4 is 11.1 Å². The second kappa shape index (κ2) is 8.81. The summed E-state index contributed by atoms with van der Waals surface area (Å²) in [6.45, 7) is 5.76. The van der Waals surface area contributed by atoms with Crippen LogP contribution >= 0.6 is 35.6 Å². The van der Waals surface area contributed by atoms with E-state index in [2.05, 4.69) is 19.2 Å². The minimum Gasteiger partial charge on any atom is -0.330 e. The number of amides is 1. The van der Waals surface area contributed by atoms with E-state index in [4.69, 9.17) is 28.9 Å². The van der Waals surface area contributed by atoms with E-state index in [-0.39, 0.29) is 23.7 Å². The first-order valence-electron chi connectivity index (χ1n) is 6.37. The Balaban J connectivity index is 0.00000400. The van der Waals surface area contributed by atoms with Gasteiger partial charge in [0.1, 0.15) is 0 Å². The van der Waals surface area contributed by atoms with E-state index >= 15 is 0 Å². The molecule has 7 heteroatoms. The summed E-state index contributed by atoms with van der Waals surface area (Å²) in [6, 6.07) is 5.00. The van der Waals surface area contributed by atoms with Crippen LogP contribution in [0.15, 0.2) is 18.2 Å². The number of likely N-dealkylation sites (N-methyl/N-ethyl adjacent to an activating group) is 1. The molecule has 0 saturated carbocycles. The van der Waals surface area contributed by atoms with Crippen molar-refractivity contribution in [3.8, 4) is 0 Å². The third-order valence-electron chi connectivity index (χ3n) is 2.87. The summed E-state index contributed by atoms with van der Waals surface area (Å²) in [4.78, 5) is 13.9. The Morgan fingerprint density at radius 1 is 1.33 bits per heavy atom. The SMILES string of the molecule is CN(CC(=O)Nc1ccc(Cl)c(Cl)c1)CC(C)(C)CN.Cl. The number of hydrogen-bond donors (Lipinski definition) is 2. The summed E-state index contributed by atoms with van der Waals surface area (Å²) < 4.78 is 0. The van der Waals surface area contributed by atoms with Crippen molar-refractivity contribution in [2.75, 3.05) is 32.0 Å². The highest BCUT2D eigenvalue weighted by molar-refractivity contribution is 6.42. The summed E-state index contributed by atoms with van der Waals surface area (Å²) in [5, 5.41) is 3.67. The second-order valence-electron chi connectivity index (χ2n) is 5.72. The van der Waals surface area contributed by atoms with Crippen LogP contribution in [0.4, 0.5) is 5.69 Å². The molecule has 1 amide bonds. The van der Waals surface area contributed by atoms with Crippen molar-refractivity contribution in [3.63, 3.8) is 0 Å². The average molecular weight is 355 g/mol. The van der Waals surface area contributed by atoms with Gasteiger partial charge in [-0.2, -0.15) is 0 Å². The molecule has 0 aliphatic rings. The molecule has 1 aromatic carbocycles. The molecule has 0 atom stereocenters. The summed E-state index contributed by atoms with van der Waals surface area (Å²) in [5.74, 6) is -0.0984. The number of carbonyl (C=O) groups is 1. The van der Waals surface area contributed by atoms with Gasteiger partial charge in [-0.05, 0) is 37.2 Å². The van der Waals surface area contributed by atoms with Gasteiger partial charge >= 0.3 is 0 Å². The van der Waals surface area contributed by atoms with Crippen molar-refractivity contribution in [3.05, 3.63) is 28.2 Å². The Hall–Kier alpha value is -0.520. The zero-order valence-corrected chi connectivity index (χ0v) is 14.8. The lowest BCUT2D eigenvalue weighted by molar-refractivity contribution is -0.117. The fourth-order valence-corrected chi connectivity index (χ4v) is 2.17. The van der Waals surface area contributed by atoms with Gasteiger partial charge in [-0.3, -0.25) is 9.69 Å². The maximum Gasteiger partial charge on any atom is 0.238 e. The lowest BCUT2D eigenvalue weighted by Gasteiger charge is -2.28. The molecule has 0 fully saturated rings. The molecule has 0 saturated heterocycles. The fourth-order valence-electron chi connectivity index (χ4n) is 1.87. The van der Waals surface area contributed by atoms with Crippen molar-refractivity contribution in [1.29, 1.82) is 0 Å². The van der Waals surface area contributed by atoms with E-state index in [0.29, 0.717) is 28.8 Å². The third-order valence-corrected chi connectivity index (χ3v) is 3.61. The molecule has 0 aromatic heterocycles. The van der Waals surface area contributed by atoms with Gasteiger partial charge in [0.05, 0.1) is 16.6 Å². The number of nitrogens with two attached hydrogens (primary N) is 1. The zero-order chi connectivity index (χ0) is 15.3. The Morgan fingerprint density at radius 2 is 1.95 bits per heavy atom. The Bertz CT molecular complexity index is 481. The smallest absolute Gasteiger partial charge is 0.238 e. The number of anilines is 1. The highest BCUT2D eigenvalue weighted by atomic mass is 35.5. The number of carbonyl (C=O) groups excluding carboxylic acids is 1. The molecule has 0 heterocycles. The minimum absolute atomic E-state index is 0. The summed E-state index contributed by atoms with van der Waals surface area (Å²) in [5.41, 5.74) is 6.31. The Morgan fingerprint density at radius 3 is 2.48 bits per heavy atom. The van der Waals surface area contributed by atoms with Crippen LogP contribution in [-0.2, 0) is 4.79 Å². The number of rotatable bonds is 6. The topological polar surface area (TPSA) is 58.4 Å². The summed E-state index contributed by atoms with van der Waals surface area (Å²) >= 11 is 11.7. The molecule has 4 nitrogen and oxygen atoms in total. The number of nitrogens with zero attached hydrogens (tertiary/aromatic N) is 1. The molecule has 0 spiro atoms. The first-order valence-corrected chi connectivity index (χ1v) is 7.12. The van der Waals surface area contributed by atoms with Gasteiger partial charge in [-0.15, -0.1) is 12.4 Å². The molecule has 120 valence electrons. The molecular weight excluding hydrogens is 333 g/mol. The molecular formula is C14H22Cl3N3O. The van der Waals surface area contributed by atoms with E-state index < -0.39 is 0 Å². The van der Waals surface area contributed by atoms with E-state index in [1.165, 1.54) is 0 Å². The standard InChI is InChI=1S/C14H21Cl2N3O.ClH/c1-14(2,8-17)9-19(3)7-13(20)18-10-4-5-11(15)12(16)6-10;/h4-6H,7-9,17H2,1-3H3,(H,18,20);1H. The van der Waals surface area contributed by atoms with Crippen molar-refractivity contribution < 1.29 is 4.79 Å². The van der Waals surface area contributed by atoms with E-state index in [9.17, 15) is 4.79 Å². The second-order valence-corrected chi connectivity index (χ2v) is 6.53. The van der Waals surface area contributed by atoms with Gasteiger partial charge in [0.25, 0.3) is 0 Å². The largest absolute Gasteiger partial charge is 0.330 e. The van der Waals surface area contributed by atoms with Gasteiger partial charge < -0.3 is 11.1 Å². The van der Waals surface area contributed by atoms with Crippen molar-refractivity contribution in [1.82, 2.24) is 4.90 Å². The lowest BCUT2D eigenvalue weighted by Crippen LogP contribution is -2.40. The lowest BCUT2D eigenvalue weighted by atomic mass is 9.93. The third kappa shape index (κ3) is 7.34. The monoisotopic (exact) mass is 353 g/mol. The summed E-state index contributed by atoms with van der Waals surface area (Å²) in [6.07, 6.45) is 0. The number of nitrogens with one attached hydrogen (secondary N) is 1. The van der Waals surface area contributed by atoms with Gasteiger partial charge in [0.2, 0.25) is 5.91 Å². The van der Waals surface area contributed by atoms with Crippen LogP contribution in [0.1, 0.15) is 13.8 Å². The van der Waals surface area contributed by atoms with Crippen LogP contribution in [0, 0.1) is 5.41 Å². The van der Waals surface area contributed by atoms with Gasteiger partial charge in [0, 0.05) is 12.2 Å². The highest BCUT2D eigenvalue weighted by Crippen LogP contribution is 2.25. The first-order chi connectivity index (χ1) is 9.23. The van der Waals surface area contributed by atoms with Crippen molar-refractivity contribution in [2.24, 2.45) is 11.1 Å². The van der Waals surface area contributed by atoms with Crippen LogP contribution in [-0.4, -0.2) is 37.5 Å². The molecule has 0 aliphatic heterocycles. The highest BCUT2D eigenvalue weighted by Gasteiger charge is 2.19. The van der Waals surface area contributed by atoms with Gasteiger partial charge in [-0.25, -0.2) is 0 Å². The molecule has 0 radical (unpaired) electrons. The predicted octanol–water partition coefficient (Wildman–Crippen LogP) is 3.27. The number of benzene rings is 1. The predicted molar refractivity (Wildman–Crippen MR) is 92.7 cm³/mol. The Kier molecular flexibility index (Phi) is 8.59. The molecule has 0 bridgehead atoms. The quantitative estimate of drug-likeness (QED) is 0.824. The average Bonchev–Trinajstić information content (AvgIpc) is 2.33. The van der Waals surface area contributed by atoms with Gasteiger partial charge in [-0.1, -0.05) is 37.0 Å². The zero-order valence-electron chi connectivity index (χ0n) is 12.5. The molecule has 1 rings (SSSR count). The number of halogens is 3. The van der Waals surface area contributed by atoms with E-state index in [0.717, 1.165) is 6.54 Å². The van der Waals surface area contributed by atoms with Crippen molar-refractivity contribution >= 4 is 47.2 Å². The first kappa shape index (κ1) is 20.5. The molecule has 0 aliphatic carbocycles. The van der Waals surface area contributed by atoms with Crippen LogP contribution in [0.25, 0.3) is 0 Å². The molecule has 21 heavy (non-hydrogen) atoms. The molecule has 0 unspecified atom stereocenters. The fraction of sp³-hybridized carbons (Fsp3) is 0.500. The normalized spacial score (nSPS) is 11.2. The maximum atomic E-state index is 11.9. The minimum atomic E-state index is -0.0984. The number of hydrogen-bond acceptors (Lipinski definition) is 3. The van der Waals surface area contributed by atoms with Crippen molar-refractivity contribution in [2.45, 2.75) is 13.8 Å². The maximum absolute atomic E-state index is 11.9. The van der Waals surface area contributed by atoms with Gasteiger partial charge in [0.15, 0.2) is 0 Å². The van der Waals surface area contributed by atoms with Crippen LogP contribution in [0.5, 0.6) is 0 Å². The molecule has 1 aromatic rings. The summed E-state index contributed by atoms with van der Waals surface area (Å²) in [7, 11) is 1.89. The molecule has 3 N–H and O–H groups in total. The Labute approximate surface area is 142 Å². The van der Waals surface area contributed by atoms with Crippen LogP contribution in [0.2, 0.25) is 10.0 Å².